The first-order valence-corrected chi connectivity index (χ1v) is 9.64. The number of nitrogen functional groups attached to an aromatic ring is 1. The summed E-state index contributed by atoms with van der Waals surface area (Å²) in [7, 11) is 0. The van der Waals surface area contributed by atoms with E-state index >= 15 is 0 Å². The van der Waals surface area contributed by atoms with Crippen molar-refractivity contribution in [1.29, 1.82) is 0 Å². The Morgan fingerprint density at radius 3 is 2.57 bits per heavy atom. The van der Waals surface area contributed by atoms with Crippen molar-refractivity contribution in [3.8, 4) is 22.5 Å². The van der Waals surface area contributed by atoms with E-state index in [0.717, 1.165) is 5.56 Å². The molecule has 0 aliphatic heterocycles. The Bertz CT molecular complexity index is 1210. The molecule has 1 amide bonds. The minimum Gasteiger partial charge on any atom is -0.368 e. The van der Waals surface area contributed by atoms with E-state index in [-0.39, 0.29) is 24.2 Å². The van der Waals surface area contributed by atoms with Crippen LogP contribution in [0.3, 0.4) is 0 Å². The molecule has 3 N–H and O–H groups in total. The van der Waals surface area contributed by atoms with Crippen LogP contribution in [0.4, 0.5) is 11.8 Å². The molecule has 0 atom stereocenters. The SMILES string of the molecule is Nc1nccc(-c2c(-c3ccc(Cl)cc3)noc2NC(=O)Cc2ccccc2Cl)n1. The third-order valence-corrected chi connectivity index (χ3v) is 4.92. The fourth-order valence-corrected chi connectivity index (χ4v) is 3.24. The Morgan fingerprint density at radius 2 is 1.83 bits per heavy atom. The molecule has 4 aromatic rings. The molecule has 0 saturated heterocycles. The van der Waals surface area contributed by atoms with Crippen molar-refractivity contribution in [2.24, 2.45) is 0 Å². The lowest BCUT2D eigenvalue weighted by Gasteiger charge is -2.07. The van der Waals surface area contributed by atoms with Gasteiger partial charge in [0.2, 0.25) is 17.7 Å². The van der Waals surface area contributed by atoms with E-state index in [1.807, 2.05) is 6.07 Å². The van der Waals surface area contributed by atoms with Gasteiger partial charge in [-0.25, -0.2) is 9.97 Å². The van der Waals surface area contributed by atoms with Crippen molar-refractivity contribution in [3.63, 3.8) is 0 Å². The van der Waals surface area contributed by atoms with Gasteiger partial charge in [0, 0.05) is 21.8 Å². The van der Waals surface area contributed by atoms with Gasteiger partial charge in [0.05, 0.1) is 17.7 Å². The molecule has 0 spiro atoms. The molecular formula is C21H15Cl2N5O2. The maximum atomic E-state index is 12.6. The number of hydrogen-bond acceptors (Lipinski definition) is 6. The molecule has 2 heterocycles. The van der Waals surface area contributed by atoms with Crippen molar-refractivity contribution in [3.05, 3.63) is 76.4 Å². The van der Waals surface area contributed by atoms with Gasteiger partial charge < -0.3 is 10.3 Å². The van der Waals surface area contributed by atoms with Crippen molar-refractivity contribution in [2.75, 3.05) is 11.1 Å². The summed E-state index contributed by atoms with van der Waals surface area (Å²) in [6.45, 7) is 0. The van der Waals surface area contributed by atoms with Gasteiger partial charge in [-0.1, -0.05) is 58.7 Å². The van der Waals surface area contributed by atoms with Crippen molar-refractivity contribution >= 4 is 40.9 Å². The minimum atomic E-state index is -0.315. The summed E-state index contributed by atoms with van der Waals surface area (Å²) < 4.78 is 5.46. The Morgan fingerprint density at radius 1 is 1.07 bits per heavy atom. The van der Waals surface area contributed by atoms with Crippen LogP contribution in [0.1, 0.15) is 5.56 Å². The summed E-state index contributed by atoms with van der Waals surface area (Å²) in [4.78, 5) is 20.8. The number of rotatable bonds is 5. The van der Waals surface area contributed by atoms with Gasteiger partial charge in [0.15, 0.2) is 0 Å². The van der Waals surface area contributed by atoms with Crippen molar-refractivity contribution < 1.29 is 9.32 Å². The molecule has 4 rings (SSSR count). The molecule has 30 heavy (non-hydrogen) atoms. The van der Waals surface area contributed by atoms with Gasteiger partial charge in [0.1, 0.15) is 5.69 Å². The summed E-state index contributed by atoms with van der Waals surface area (Å²) in [6.07, 6.45) is 1.59. The van der Waals surface area contributed by atoms with Crippen LogP contribution >= 0.6 is 23.2 Å². The average Bonchev–Trinajstić information content (AvgIpc) is 3.13. The third-order valence-electron chi connectivity index (χ3n) is 4.30. The predicted octanol–water partition coefficient (Wildman–Crippen LogP) is 4.87. The normalized spacial score (nSPS) is 10.7. The van der Waals surface area contributed by atoms with Crippen LogP contribution in [0.25, 0.3) is 22.5 Å². The fraction of sp³-hybridized carbons (Fsp3) is 0.0476. The summed E-state index contributed by atoms with van der Waals surface area (Å²) >= 11 is 12.1. The molecular weight excluding hydrogens is 425 g/mol. The third kappa shape index (κ3) is 4.27. The highest BCUT2D eigenvalue weighted by Crippen LogP contribution is 2.37. The number of amides is 1. The van der Waals surface area contributed by atoms with E-state index in [1.165, 1.54) is 6.20 Å². The first-order chi connectivity index (χ1) is 14.5. The van der Waals surface area contributed by atoms with Crippen LogP contribution in [-0.2, 0) is 11.2 Å². The molecule has 0 unspecified atom stereocenters. The zero-order chi connectivity index (χ0) is 21.1. The molecule has 150 valence electrons. The maximum absolute atomic E-state index is 12.6. The standard InChI is InChI=1S/C21H15Cl2N5O2/c22-14-7-5-12(6-8-14)19-18(16-9-10-25-21(24)26-16)20(30-28-19)27-17(29)11-13-3-1-2-4-15(13)23/h1-10H,11H2,(H,27,29)(H2,24,25,26). The molecule has 9 heteroatoms. The molecule has 2 aromatic carbocycles. The van der Waals surface area contributed by atoms with Gasteiger partial charge in [0.25, 0.3) is 0 Å². The second kappa shape index (κ2) is 8.52. The van der Waals surface area contributed by atoms with E-state index in [0.29, 0.717) is 32.6 Å². The van der Waals surface area contributed by atoms with Gasteiger partial charge in [-0.15, -0.1) is 0 Å². The largest absolute Gasteiger partial charge is 0.368 e. The summed E-state index contributed by atoms with van der Waals surface area (Å²) in [5, 5.41) is 7.99. The minimum absolute atomic E-state index is 0.0714. The van der Waals surface area contributed by atoms with Gasteiger partial charge in [-0.05, 0) is 29.8 Å². The molecule has 0 aliphatic rings. The first-order valence-electron chi connectivity index (χ1n) is 8.89. The average molecular weight is 440 g/mol. The highest BCUT2D eigenvalue weighted by atomic mass is 35.5. The number of nitrogens with zero attached hydrogens (tertiary/aromatic N) is 3. The van der Waals surface area contributed by atoms with Crippen LogP contribution < -0.4 is 11.1 Å². The highest BCUT2D eigenvalue weighted by molar-refractivity contribution is 6.31. The van der Waals surface area contributed by atoms with Crippen LogP contribution in [-0.4, -0.2) is 21.0 Å². The van der Waals surface area contributed by atoms with Gasteiger partial charge in [-0.2, -0.15) is 0 Å². The Kier molecular flexibility index (Phi) is 5.65. The zero-order valence-corrected chi connectivity index (χ0v) is 17.0. The van der Waals surface area contributed by atoms with E-state index in [1.54, 1.807) is 48.5 Å². The van der Waals surface area contributed by atoms with Crippen LogP contribution in [0.2, 0.25) is 10.0 Å². The topological polar surface area (TPSA) is 107 Å². The van der Waals surface area contributed by atoms with Crippen LogP contribution in [0.5, 0.6) is 0 Å². The summed E-state index contributed by atoms with van der Waals surface area (Å²) in [5.74, 6) is -0.0793. The maximum Gasteiger partial charge on any atom is 0.241 e. The van der Waals surface area contributed by atoms with E-state index in [4.69, 9.17) is 33.5 Å². The Balaban J connectivity index is 1.71. The number of nitrogens with two attached hydrogens (primary N) is 1. The number of halogens is 2. The predicted molar refractivity (Wildman–Crippen MR) is 116 cm³/mol. The van der Waals surface area contributed by atoms with Crippen LogP contribution in [0, 0.1) is 0 Å². The number of carbonyl (C=O) groups is 1. The lowest BCUT2D eigenvalue weighted by molar-refractivity contribution is -0.115. The molecule has 0 saturated carbocycles. The molecule has 0 bridgehead atoms. The molecule has 0 fully saturated rings. The van der Waals surface area contributed by atoms with Crippen LogP contribution in [0.15, 0.2) is 65.3 Å². The number of carbonyl (C=O) groups excluding carboxylic acids is 1. The number of benzene rings is 2. The molecule has 2 aromatic heterocycles. The van der Waals surface area contributed by atoms with Gasteiger partial charge >= 0.3 is 0 Å². The molecule has 0 aliphatic carbocycles. The number of nitrogens with one attached hydrogen (secondary N) is 1. The Hall–Kier alpha value is -3.42. The fourth-order valence-electron chi connectivity index (χ4n) is 2.92. The summed E-state index contributed by atoms with van der Waals surface area (Å²) in [5.41, 5.74) is 8.61. The zero-order valence-electron chi connectivity index (χ0n) is 15.5. The van der Waals surface area contributed by atoms with E-state index in [2.05, 4.69) is 20.4 Å². The highest BCUT2D eigenvalue weighted by Gasteiger charge is 2.23. The lowest BCUT2D eigenvalue weighted by atomic mass is 10.0. The monoisotopic (exact) mass is 439 g/mol. The number of anilines is 2. The molecule has 0 radical (unpaired) electrons. The quantitative estimate of drug-likeness (QED) is 0.459. The van der Waals surface area contributed by atoms with Gasteiger partial charge in [-0.3, -0.25) is 10.1 Å². The molecule has 7 nitrogen and oxygen atoms in total. The second-order valence-electron chi connectivity index (χ2n) is 6.36. The number of hydrogen-bond donors (Lipinski definition) is 2. The van der Waals surface area contributed by atoms with Crippen molar-refractivity contribution in [1.82, 2.24) is 15.1 Å². The Labute approximate surface area is 181 Å². The first kappa shape index (κ1) is 19.9. The summed E-state index contributed by atoms with van der Waals surface area (Å²) in [6, 6.07) is 15.9. The van der Waals surface area contributed by atoms with Crippen molar-refractivity contribution in [2.45, 2.75) is 6.42 Å². The number of aromatic nitrogens is 3. The smallest absolute Gasteiger partial charge is 0.241 e. The van der Waals surface area contributed by atoms with E-state index < -0.39 is 0 Å². The lowest BCUT2D eigenvalue weighted by Crippen LogP contribution is -2.15. The second-order valence-corrected chi connectivity index (χ2v) is 7.20. The van der Waals surface area contributed by atoms with E-state index in [9.17, 15) is 4.79 Å².